The van der Waals surface area contributed by atoms with Crippen LogP contribution in [0, 0.1) is 0 Å². The van der Waals surface area contributed by atoms with Gasteiger partial charge in [-0.05, 0) is 100 Å². The highest BCUT2D eigenvalue weighted by atomic mass is 31.1. The molecule has 0 N–H and O–H groups in total. The third-order valence-corrected chi connectivity index (χ3v) is 7.50. The van der Waals surface area contributed by atoms with E-state index in [4.69, 9.17) is 9.47 Å². The summed E-state index contributed by atoms with van der Waals surface area (Å²) in [7, 11) is 7.65. The van der Waals surface area contributed by atoms with Crippen LogP contribution in [0.25, 0.3) is 0 Å². The summed E-state index contributed by atoms with van der Waals surface area (Å²) >= 11 is 0. The van der Waals surface area contributed by atoms with Crippen LogP contribution in [0.4, 0.5) is 0 Å². The van der Waals surface area contributed by atoms with E-state index in [0.29, 0.717) is 13.2 Å². The Hall–Kier alpha value is -1.65. The van der Waals surface area contributed by atoms with Crippen LogP contribution >= 0.6 is 8.07 Å². The molecule has 2 aromatic carbocycles. The Morgan fingerprint density at radius 2 is 1.00 bits per heavy atom. The third kappa shape index (κ3) is 7.88. The van der Waals surface area contributed by atoms with E-state index in [1.54, 1.807) is 0 Å². The van der Waals surface area contributed by atoms with Crippen LogP contribution in [0.15, 0.2) is 48.5 Å². The Bertz CT molecular complexity index is 659. The molecule has 0 aromatic heterocycles. The van der Waals surface area contributed by atoms with E-state index in [1.165, 1.54) is 10.6 Å². The van der Waals surface area contributed by atoms with Crippen molar-refractivity contribution in [2.75, 3.05) is 67.6 Å². The number of nitrogens with zero attached hydrogens (tertiary/aromatic N) is 3. The van der Waals surface area contributed by atoms with E-state index in [9.17, 15) is 0 Å². The van der Waals surface area contributed by atoms with Gasteiger partial charge in [-0.25, -0.2) is 0 Å². The molecular weight excluding hydrogens is 393 g/mol. The van der Waals surface area contributed by atoms with Crippen molar-refractivity contribution >= 4 is 18.7 Å². The van der Waals surface area contributed by atoms with E-state index in [2.05, 4.69) is 105 Å². The van der Waals surface area contributed by atoms with Crippen LogP contribution in [0.2, 0.25) is 0 Å². The predicted octanol–water partition coefficient (Wildman–Crippen LogP) is 3.26. The van der Waals surface area contributed by atoms with Crippen molar-refractivity contribution in [3.8, 4) is 11.5 Å². The molecule has 0 bridgehead atoms. The van der Waals surface area contributed by atoms with Crippen molar-refractivity contribution in [3.05, 3.63) is 48.5 Å². The highest BCUT2D eigenvalue weighted by molar-refractivity contribution is 7.70. The summed E-state index contributed by atoms with van der Waals surface area (Å²) in [6, 6.07) is 17.3. The Morgan fingerprint density at radius 1 is 0.633 bits per heavy atom. The molecule has 6 heteroatoms. The first-order chi connectivity index (χ1) is 14.4. The molecule has 5 nitrogen and oxygen atoms in total. The fraction of sp³-hybridized carbons (Fsp3) is 0.500. The fourth-order valence-electron chi connectivity index (χ4n) is 3.04. The number of likely N-dealkylation sites (N-methyl/N-ethyl adjacent to an activating group) is 2. The van der Waals surface area contributed by atoms with E-state index >= 15 is 0 Å². The molecule has 0 fully saturated rings. The zero-order valence-corrected chi connectivity index (χ0v) is 20.4. The zero-order chi connectivity index (χ0) is 21.9. The molecule has 2 aromatic rings. The van der Waals surface area contributed by atoms with Gasteiger partial charge in [-0.3, -0.25) is 4.67 Å². The summed E-state index contributed by atoms with van der Waals surface area (Å²) in [5.41, 5.74) is 0. The number of ether oxygens (including phenoxy) is 2. The summed E-state index contributed by atoms with van der Waals surface area (Å²) in [5, 5.41) is 2.69. The normalized spacial score (nSPS) is 11.7. The molecular formula is C24H38N3O2P. The topological polar surface area (TPSA) is 28.2 Å². The molecule has 0 saturated heterocycles. The average molecular weight is 432 g/mol. The molecule has 0 saturated carbocycles. The summed E-state index contributed by atoms with van der Waals surface area (Å²) in [6.45, 7) is 9.73. The van der Waals surface area contributed by atoms with Gasteiger partial charge in [0.25, 0.3) is 0 Å². The Kier molecular flexibility index (Phi) is 10.6. The first-order valence-corrected chi connectivity index (χ1v) is 12.0. The second kappa shape index (κ2) is 12.9. The van der Waals surface area contributed by atoms with Gasteiger partial charge in [-0.2, -0.15) is 0 Å². The maximum absolute atomic E-state index is 5.87. The quantitative estimate of drug-likeness (QED) is 0.454. The smallest absolute Gasteiger partial charge is 0.119 e. The number of rotatable bonds is 13. The number of benzene rings is 2. The van der Waals surface area contributed by atoms with Crippen LogP contribution < -0.4 is 20.1 Å². The van der Waals surface area contributed by atoms with Gasteiger partial charge in [-0.1, -0.05) is 13.8 Å². The van der Waals surface area contributed by atoms with E-state index in [-0.39, 0.29) is 0 Å². The molecule has 0 heterocycles. The SMILES string of the molecule is CCN(CC)P(c1ccc(OCCN(C)C)cc1)c1ccc(OCCN(C)C)cc1. The van der Waals surface area contributed by atoms with Gasteiger partial charge in [0.1, 0.15) is 24.7 Å². The van der Waals surface area contributed by atoms with Crippen molar-refractivity contribution in [2.45, 2.75) is 13.8 Å². The second-order valence-corrected chi connectivity index (χ2v) is 9.96. The molecule has 0 spiro atoms. The van der Waals surface area contributed by atoms with Gasteiger partial charge in [0, 0.05) is 21.2 Å². The molecule has 0 aliphatic carbocycles. The van der Waals surface area contributed by atoms with Crippen LogP contribution in [-0.2, 0) is 0 Å². The van der Waals surface area contributed by atoms with E-state index < -0.39 is 8.07 Å². The minimum atomic E-state index is -0.580. The third-order valence-electron chi connectivity index (χ3n) is 4.79. The van der Waals surface area contributed by atoms with Crippen molar-refractivity contribution < 1.29 is 9.47 Å². The van der Waals surface area contributed by atoms with Gasteiger partial charge in [0.2, 0.25) is 0 Å². The van der Waals surface area contributed by atoms with Crippen molar-refractivity contribution in [1.29, 1.82) is 0 Å². The summed E-state index contributed by atoms with van der Waals surface area (Å²) in [5.74, 6) is 1.86. The first-order valence-electron chi connectivity index (χ1n) is 10.7. The van der Waals surface area contributed by atoms with Crippen molar-refractivity contribution in [3.63, 3.8) is 0 Å². The standard InChI is InChI=1S/C24H38N3O2P/c1-7-27(8-2)30(23-13-9-21(10-14-23)28-19-17-25(3)4)24-15-11-22(12-16-24)29-20-18-26(5)6/h9-16H,7-8,17-20H2,1-6H3. The van der Waals surface area contributed by atoms with Crippen LogP contribution in [-0.4, -0.2) is 82.1 Å². The lowest BCUT2D eigenvalue weighted by molar-refractivity contribution is 0.261. The molecule has 166 valence electrons. The molecule has 2 rings (SSSR count). The highest BCUT2D eigenvalue weighted by Gasteiger charge is 2.20. The summed E-state index contributed by atoms with van der Waals surface area (Å²) in [6.07, 6.45) is 0. The van der Waals surface area contributed by atoms with E-state index in [1.807, 2.05) is 0 Å². The largest absolute Gasteiger partial charge is 0.492 e. The minimum absolute atomic E-state index is 0.580. The van der Waals surface area contributed by atoms with Gasteiger partial charge < -0.3 is 19.3 Å². The van der Waals surface area contributed by atoms with Gasteiger partial charge in [0.05, 0.1) is 0 Å². The summed E-state index contributed by atoms with van der Waals surface area (Å²) in [4.78, 5) is 4.25. The Morgan fingerprint density at radius 3 is 1.30 bits per heavy atom. The van der Waals surface area contributed by atoms with Gasteiger partial charge >= 0.3 is 0 Å². The maximum atomic E-state index is 5.87. The molecule has 0 aliphatic heterocycles. The molecule has 0 atom stereocenters. The maximum Gasteiger partial charge on any atom is 0.119 e. The average Bonchev–Trinajstić information content (AvgIpc) is 2.73. The van der Waals surface area contributed by atoms with Crippen LogP contribution in [0.1, 0.15) is 13.8 Å². The van der Waals surface area contributed by atoms with Gasteiger partial charge in [0.15, 0.2) is 0 Å². The number of hydrogen-bond acceptors (Lipinski definition) is 5. The number of hydrogen-bond donors (Lipinski definition) is 0. The summed E-state index contributed by atoms with van der Waals surface area (Å²) < 4.78 is 14.3. The van der Waals surface area contributed by atoms with Crippen LogP contribution in [0.3, 0.4) is 0 Å². The lowest BCUT2D eigenvalue weighted by Crippen LogP contribution is -2.28. The molecule has 30 heavy (non-hydrogen) atoms. The minimum Gasteiger partial charge on any atom is -0.492 e. The lowest BCUT2D eigenvalue weighted by atomic mass is 10.3. The fourth-order valence-corrected chi connectivity index (χ4v) is 5.42. The van der Waals surface area contributed by atoms with Crippen molar-refractivity contribution in [2.24, 2.45) is 0 Å². The lowest BCUT2D eigenvalue weighted by Gasteiger charge is -2.30. The van der Waals surface area contributed by atoms with Crippen molar-refractivity contribution in [1.82, 2.24) is 14.5 Å². The molecule has 0 radical (unpaired) electrons. The monoisotopic (exact) mass is 431 g/mol. The highest BCUT2D eigenvalue weighted by Crippen LogP contribution is 2.38. The Balaban J connectivity index is 2.14. The Labute approximate surface area is 184 Å². The molecule has 0 aliphatic rings. The van der Waals surface area contributed by atoms with Crippen LogP contribution in [0.5, 0.6) is 11.5 Å². The zero-order valence-electron chi connectivity index (χ0n) is 19.5. The first kappa shape index (κ1) is 24.6. The molecule has 0 unspecified atom stereocenters. The van der Waals surface area contributed by atoms with Gasteiger partial charge in [-0.15, -0.1) is 0 Å². The second-order valence-electron chi connectivity index (χ2n) is 7.74. The molecule has 0 amide bonds. The van der Waals surface area contributed by atoms with E-state index in [0.717, 1.165) is 37.7 Å². The predicted molar refractivity (Wildman–Crippen MR) is 130 cm³/mol.